The standard InChI is InChI=1S/C16H23NO2/c1-12(2)14(13-6-4-3-5-7-13)15(19)17-10-16(11-18)8-9-16/h3-7,12,14,18H,8-11H2,1-2H3,(H,17,19). The highest BCUT2D eigenvalue weighted by Gasteiger charge is 2.42. The van der Waals surface area contributed by atoms with Gasteiger partial charge in [-0.2, -0.15) is 0 Å². The molecule has 0 heterocycles. The van der Waals surface area contributed by atoms with Gasteiger partial charge in [-0.05, 0) is 24.3 Å². The van der Waals surface area contributed by atoms with Crippen LogP contribution < -0.4 is 5.32 Å². The van der Waals surface area contributed by atoms with Gasteiger partial charge in [-0.25, -0.2) is 0 Å². The molecule has 3 nitrogen and oxygen atoms in total. The number of aliphatic hydroxyl groups excluding tert-OH is 1. The minimum absolute atomic E-state index is 0.0339. The van der Waals surface area contributed by atoms with Crippen LogP contribution in [0.4, 0.5) is 0 Å². The molecule has 1 aromatic carbocycles. The number of hydrogen-bond donors (Lipinski definition) is 2. The highest BCUT2D eigenvalue weighted by molar-refractivity contribution is 5.84. The van der Waals surface area contributed by atoms with Gasteiger partial charge in [-0.15, -0.1) is 0 Å². The first-order chi connectivity index (χ1) is 9.08. The molecular weight excluding hydrogens is 238 g/mol. The van der Waals surface area contributed by atoms with E-state index in [1.807, 2.05) is 30.3 Å². The Labute approximate surface area is 115 Å². The summed E-state index contributed by atoms with van der Waals surface area (Å²) in [5.41, 5.74) is 1.03. The average Bonchev–Trinajstić information content (AvgIpc) is 3.18. The normalized spacial score (nSPS) is 18.1. The lowest BCUT2D eigenvalue weighted by atomic mass is 9.87. The van der Waals surface area contributed by atoms with Crippen LogP contribution in [0.25, 0.3) is 0 Å². The summed E-state index contributed by atoms with van der Waals surface area (Å²) in [6.07, 6.45) is 2.03. The van der Waals surface area contributed by atoms with Gasteiger partial charge >= 0.3 is 0 Å². The Bertz CT molecular complexity index is 424. The lowest BCUT2D eigenvalue weighted by Crippen LogP contribution is -2.37. The van der Waals surface area contributed by atoms with Crippen molar-refractivity contribution in [2.24, 2.45) is 11.3 Å². The summed E-state index contributed by atoms with van der Waals surface area (Å²) in [5.74, 6) is 0.211. The highest BCUT2D eigenvalue weighted by atomic mass is 16.3. The van der Waals surface area contributed by atoms with Gasteiger partial charge in [0.25, 0.3) is 0 Å². The predicted molar refractivity (Wildman–Crippen MR) is 75.8 cm³/mol. The molecule has 3 heteroatoms. The third-order valence-corrected chi connectivity index (χ3v) is 4.04. The van der Waals surface area contributed by atoms with Crippen molar-refractivity contribution in [2.45, 2.75) is 32.6 Å². The molecule has 1 aliphatic rings. The third-order valence-electron chi connectivity index (χ3n) is 4.04. The third kappa shape index (κ3) is 3.35. The molecule has 1 unspecified atom stereocenters. The number of rotatable bonds is 6. The summed E-state index contributed by atoms with van der Waals surface area (Å²) < 4.78 is 0. The Morgan fingerprint density at radius 2 is 1.95 bits per heavy atom. The van der Waals surface area contributed by atoms with E-state index >= 15 is 0 Å². The molecule has 1 aromatic rings. The van der Waals surface area contributed by atoms with Crippen LogP contribution in [0.2, 0.25) is 0 Å². The Morgan fingerprint density at radius 3 is 2.42 bits per heavy atom. The lowest BCUT2D eigenvalue weighted by molar-refractivity contribution is -0.123. The van der Waals surface area contributed by atoms with E-state index < -0.39 is 0 Å². The Balaban J connectivity index is 2.01. The van der Waals surface area contributed by atoms with E-state index in [9.17, 15) is 9.90 Å². The van der Waals surface area contributed by atoms with Crippen molar-refractivity contribution in [3.63, 3.8) is 0 Å². The zero-order valence-corrected chi connectivity index (χ0v) is 11.7. The second kappa shape index (κ2) is 5.74. The van der Waals surface area contributed by atoms with Crippen LogP contribution in [0, 0.1) is 11.3 Å². The van der Waals surface area contributed by atoms with Crippen LogP contribution in [0.3, 0.4) is 0 Å². The fourth-order valence-electron chi connectivity index (χ4n) is 2.45. The summed E-state index contributed by atoms with van der Waals surface area (Å²) in [7, 11) is 0. The molecule has 1 atom stereocenters. The van der Waals surface area contributed by atoms with Crippen molar-refractivity contribution < 1.29 is 9.90 Å². The topological polar surface area (TPSA) is 49.3 Å². The van der Waals surface area contributed by atoms with E-state index in [4.69, 9.17) is 0 Å². The largest absolute Gasteiger partial charge is 0.396 e. The van der Waals surface area contributed by atoms with Crippen LogP contribution in [0.15, 0.2) is 30.3 Å². The molecule has 0 saturated heterocycles. The maximum atomic E-state index is 12.4. The number of carbonyl (C=O) groups excluding carboxylic acids is 1. The maximum absolute atomic E-state index is 12.4. The van der Waals surface area contributed by atoms with E-state index in [0.717, 1.165) is 18.4 Å². The molecule has 1 fully saturated rings. The first-order valence-corrected chi connectivity index (χ1v) is 7.01. The quantitative estimate of drug-likeness (QED) is 0.825. The highest BCUT2D eigenvalue weighted by Crippen LogP contribution is 2.44. The van der Waals surface area contributed by atoms with Crippen molar-refractivity contribution in [3.05, 3.63) is 35.9 Å². The predicted octanol–water partition coefficient (Wildman–Crippen LogP) is 2.31. The smallest absolute Gasteiger partial charge is 0.227 e. The second-order valence-electron chi connectivity index (χ2n) is 6.01. The van der Waals surface area contributed by atoms with Gasteiger partial charge in [-0.1, -0.05) is 44.2 Å². The molecule has 1 aliphatic carbocycles. The van der Waals surface area contributed by atoms with Crippen molar-refractivity contribution in [3.8, 4) is 0 Å². The number of benzene rings is 1. The van der Waals surface area contributed by atoms with Gasteiger partial charge in [0.15, 0.2) is 0 Å². The lowest BCUT2D eigenvalue weighted by Gasteiger charge is -2.22. The molecule has 1 amide bonds. The molecule has 19 heavy (non-hydrogen) atoms. The number of amides is 1. The summed E-state index contributed by atoms with van der Waals surface area (Å²) in [6, 6.07) is 9.90. The Morgan fingerprint density at radius 1 is 1.32 bits per heavy atom. The summed E-state index contributed by atoms with van der Waals surface area (Å²) >= 11 is 0. The number of hydrogen-bond acceptors (Lipinski definition) is 2. The van der Waals surface area contributed by atoms with E-state index in [1.54, 1.807) is 0 Å². The first-order valence-electron chi connectivity index (χ1n) is 7.01. The Hall–Kier alpha value is -1.35. The van der Waals surface area contributed by atoms with Gasteiger partial charge in [0, 0.05) is 12.0 Å². The molecule has 0 aromatic heterocycles. The minimum Gasteiger partial charge on any atom is -0.396 e. The van der Waals surface area contributed by atoms with Crippen molar-refractivity contribution >= 4 is 5.91 Å². The maximum Gasteiger partial charge on any atom is 0.227 e. The van der Waals surface area contributed by atoms with E-state index in [1.165, 1.54) is 0 Å². The zero-order chi connectivity index (χ0) is 13.9. The molecule has 1 saturated carbocycles. The minimum atomic E-state index is -0.115. The first kappa shape index (κ1) is 14.1. The van der Waals surface area contributed by atoms with Crippen LogP contribution in [0.1, 0.15) is 38.2 Å². The molecular formula is C16H23NO2. The number of nitrogens with one attached hydrogen (secondary N) is 1. The van der Waals surface area contributed by atoms with Crippen molar-refractivity contribution in [1.29, 1.82) is 0 Å². The fourth-order valence-corrected chi connectivity index (χ4v) is 2.45. The van der Waals surface area contributed by atoms with Gasteiger partial charge < -0.3 is 10.4 Å². The Kier molecular flexibility index (Phi) is 4.25. The van der Waals surface area contributed by atoms with Gasteiger partial charge in [-0.3, -0.25) is 4.79 Å². The molecule has 2 rings (SSSR count). The number of carbonyl (C=O) groups is 1. The SMILES string of the molecule is CC(C)C(C(=O)NCC1(CO)CC1)c1ccccc1. The van der Waals surface area contributed by atoms with Crippen LogP contribution in [0.5, 0.6) is 0 Å². The zero-order valence-electron chi connectivity index (χ0n) is 11.7. The molecule has 0 radical (unpaired) electrons. The van der Waals surface area contributed by atoms with Gasteiger partial charge in [0.2, 0.25) is 5.91 Å². The second-order valence-corrected chi connectivity index (χ2v) is 6.01. The van der Waals surface area contributed by atoms with Gasteiger partial charge in [0.1, 0.15) is 0 Å². The van der Waals surface area contributed by atoms with Crippen LogP contribution in [-0.4, -0.2) is 24.2 Å². The van der Waals surface area contributed by atoms with E-state index in [0.29, 0.717) is 6.54 Å². The van der Waals surface area contributed by atoms with E-state index in [-0.39, 0.29) is 29.8 Å². The monoisotopic (exact) mass is 261 g/mol. The average molecular weight is 261 g/mol. The molecule has 0 bridgehead atoms. The summed E-state index contributed by atoms with van der Waals surface area (Å²) in [6.45, 7) is 4.90. The number of aliphatic hydroxyl groups is 1. The molecule has 0 spiro atoms. The molecule has 0 aliphatic heterocycles. The van der Waals surface area contributed by atoms with Gasteiger partial charge in [0.05, 0.1) is 12.5 Å². The van der Waals surface area contributed by atoms with Crippen molar-refractivity contribution in [1.82, 2.24) is 5.32 Å². The molecule has 2 N–H and O–H groups in total. The van der Waals surface area contributed by atoms with Crippen molar-refractivity contribution in [2.75, 3.05) is 13.2 Å². The van der Waals surface area contributed by atoms with Crippen LogP contribution >= 0.6 is 0 Å². The molecule has 104 valence electrons. The fraction of sp³-hybridized carbons (Fsp3) is 0.562. The summed E-state index contributed by atoms with van der Waals surface area (Å²) in [5, 5.41) is 12.3. The summed E-state index contributed by atoms with van der Waals surface area (Å²) in [4.78, 5) is 12.4. The van der Waals surface area contributed by atoms with Crippen LogP contribution in [-0.2, 0) is 4.79 Å². The van der Waals surface area contributed by atoms with E-state index in [2.05, 4.69) is 19.2 Å².